The second-order valence-electron chi connectivity index (χ2n) is 8.23. The predicted molar refractivity (Wildman–Crippen MR) is 108 cm³/mol. The lowest BCUT2D eigenvalue weighted by molar-refractivity contribution is -0.141. The Morgan fingerprint density at radius 3 is 2.57 bits per heavy atom. The molecular weight excluding hydrogens is 378 g/mol. The largest absolute Gasteiger partial charge is 0.381 e. The van der Waals surface area contributed by atoms with E-state index in [9.17, 15) is 9.59 Å². The van der Waals surface area contributed by atoms with E-state index in [0.717, 1.165) is 38.8 Å². The molecule has 28 heavy (non-hydrogen) atoms. The molecule has 3 aliphatic rings. The predicted octanol–water partition coefficient (Wildman–Crippen LogP) is 3.61. The van der Waals surface area contributed by atoms with E-state index in [2.05, 4.69) is 5.32 Å². The number of anilines is 1. The minimum Gasteiger partial charge on any atom is -0.381 e. The van der Waals surface area contributed by atoms with Gasteiger partial charge in [-0.25, -0.2) is 4.79 Å². The highest BCUT2D eigenvalue weighted by Crippen LogP contribution is 2.45. The molecule has 1 aromatic rings. The molecule has 7 heteroatoms. The van der Waals surface area contributed by atoms with E-state index in [1.807, 2.05) is 17.0 Å². The summed E-state index contributed by atoms with van der Waals surface area (Å²) in [6.07, 6.45) is 5.01. The molecule has 1 aromatic carbocycles. The van der Waals surface area contributed by atoms with Gasteiger partial charge in [-0.15, -0.1) is 0 Å². The van der Waals surface area contributed by atoms with Crippen molar-refractivity contribution in [3.05, 3.63) is 29.3 Å². The molecule has 3 amide bonds. The Morgan fingerprint density at radius 1 is 1.11 bits per heavy atom. The van der Waals surface area contributed by atoms with E-state index >= 15 is 0 Å². The molecule has 3 saturated heterocycles. The summed E-state index contributed by atoms with van der Waals surface area (Å²) < 4.78 is 5.58. The van der Waals surface area contributed by atoms with Gasteiger partial charge in [-0.05, 0) is 50.3 Å². The fraction of sp³-hybridized carbons (Fsp3) is 0.619. The topological polar surface area (TPSA) is 61.9 Å². The highest BCUT2D eigenvalue weighted by Gasteiger charge is 2.52. The summed E-state index contributed by atoms with van der Waals surface area (Å²) in [5.74, 6) is 0.0827. The minimum atomic E-state index is -0.168. The zero-order chi connectivity index (χ0) is 19.6. The number of ether oxygens (including phenoxy) is 1. The summed E-state index contributed by atoms with van der Waals surface area (Å²) in [6.45, 7) is 4.09. The molecule has 4 rings (SSSR count). The van der Waals surface area contributed by atoms with Crippen LogP contribution in [0.15, 0.2) is 24.3 Å². The van der Waals surface area contributed by atoms with Gasteiger partial charge in [0.15, 0.2) is 0 Å². The second-order valence-corrected chi connectivity index (χ2v) is 8.67. The van der Waals surface area contributed by atoms with Gasteiger partial charge in [-0.2, -0.15) is 0 Å². The average molecular weight is 406 g/mol. The van der Waals surface area contributed by atoms with Gasteiger partial charge in [0.1, 0.15) is 0 Å². The van der Waals surface area contributed by atoms with E-state index < -0.39 is 0 Å². The maximum atomic E-state index is 13.4. The van der Waals surface area contributed by atoms with Gasteiger partial charge in [0.05, 0.1) is 5.92 Å². The molecule has 3 fully saturated rings. The highest BCUT2D eigenvalue weighted by atomic mass is 35.5. The molecule has 1 N–H and O–H groups in total. The highest BCUT2D eigenvalue weighted by molar-refractivity contribution is 6.30. The van der Waals surface area contributed by atoms with Crippen molar-refractivity contribution in [1.82, 2.24) is 9.80 Å². The van der Waals surface area contributed by atoms with E-state index in [0.29, 0.717) is 37.0 Å². The first kappa shape index (κ1) is 19.5. The van der Waals surface area contributed by atoms with Crippen molar-refractivity contribution in [2.24, 2.45) is 11.3 Å². The van der Waals surface area contributed by atoms with Gasteiger partial charge >= 0.3 is 6.03 Å². The number of benzene rings is 1. The van der Waals surface area contributed by atoms with Crippen LogP contribution in [-0.4, -0.2) is 61.1 Å². The average Bonchev–Trinajstić information content (AvgIpc) is 3.07. The van der Waals surface area contributed by atoms with Crippen LogP contribution >= 0.6 is 11.6 Å². The molecule has 0 aromatic heterocycles. The van der Waals surface area contributed by atoms with E-state index in [-0.39, 0.29) is 23.3 Å². The number of rotatable bonds is 2. The molecule has 0 aliphatic carbocycles. The van der Waals surface area contributed by atoms with Crippen molar-refractivity contribution in [3.63, 3.8) is 0 Å². The molecule has 1 atom stereocenters. The number of nitrogens with one attached hydrogen (secondary N) is 1. The number of hydrogen-bond acceptors (Lipinski definition) is 3. The van der Waals surface area contributed by atoms with Gasteiger partial charge in [-0.1, -0.05) is 17.7 Å². The van der Waals surface area contributed by atoms with Crippen LogP contribution < -0.4 is 5.32 Å². The molecule has 3 aliphatic heterocycles. The third-order valence-electron chi connectivity index (χ3n) is 6.47. The third kappa shape index (κ3) is 3.98. The fourth-order valence-corrected chi connectivity index (χ4v) is 5.04. The first-order valence-corrected chi connectivity index (χ1v) is 10.6. The molecule has 1 spiro atoms. The smallest absolute Gasteiger partial charge is 0.321 e. The van der Waals surface area contributed by atoms with E-state index in [4.69, 9.17) is 16.3 Å². The Balaban J connectivity index is 1.50. The number of nitrogens with zero attached hydrogens (tertiary/aromatic N) is 2. The Hall–Kier alpha value is -1.79. The zero-order valence-electron chi connectivity index (χ0n) is 16.2. The van der Waals surface area contributed by atoms with Gasteiger partial charge in [-0.3, -0.25) is 4.79 Å². The van der Waals surface area contributed by atoms with Crippen molar-refractivity contribution in [2.75, 3.05) is 44.7 Å². The molecule has 6 nitrogen and oxygen atoms in total. The van der Waals surface area contributed by atoms with Crippen LogP contribution in [-0.2, 0) is 9.53 Å². The number of amides is 3. The lowest BCUT2D eigenvalue weighted by Crippen LogP contribution is -2.47. The van der Waals surface area contributed by atoms with Crippen LogP contribution in [0.2, 0.25) is 5.02 Å². The zero-order valence-corrected chi connectivity index (χ0v) is 16.9. The fourth-order valence-electron chi connectivity index (χ4n) is 4.85. The summed E-state index contributed by atoms with van der Waals surface area (Å²) >= 11 is 6.03. The molecule has 0 radical (unpaired) electrons. The SMILES string of the molecule is O=C(Nc1cccc(Cl)c1)N1C[C@@H](C(=O)N2CCCCC2)C2(CCOCC2)C1. The number of carbonyl (C=O) groups excluding carboxylic acids is 2. The molecular formula is C21H28ClN3O3. The van der Waals surface area contributed by atoms with Crippen LogP contribution in [0.1, 0.15) is 32.1 Å². The Bertz CT molecular complexity index is 729. The van der Waals surface area contributed by atoms with Crippen LogP contribution in [0.3, 0.4) is 0 Å². The Kier molecular flexibility index (Phi) is 5.78. The summed E-state index contributed by atoms with van der Waals surface area (Å²) in [7, 11) is 0. The quantitative estimate of drug-likeness (QED) is 0.817. The van der Waals surface area contributed by atoms with Gasteiger partial charge in [0.25, 0.3) is 0 Å². The summed E-state index contributed by atoms with van der Waals surface area (Å²) in [5.41, 5.74) is 0.502. The number of likely N-dealkylation sites (tertiary alicyclic amines) is 2. The second kappa shape index (κ2) is 8.29. The lowest BCUT2D eigenvalue weighted by atomic mass is 9.71. The van der Waals surface area contributed by atoms with Crippen molar-refractivity contribution >= 4 is 29.2 Å². The summed E-state index contributed by atoms with van der Waals surface area (Å²) in [4.78, 5) is 30.1. The van der Waals surface area contributed by atoms with Gasteiger partial charge in [0.2, 0.25) is 5.91 Å². The molecule has 0 saturated carbocycles. The van der Waals surface area contributed by atoms with Crippen molar-refractivity contribution in [2.45, 2.75) is 32.1 Å². The standard InChI is InChI=1S/C21H28ClN3O3/c22-16-5-4-6-17(13-16)23-20(27)25-14-18(19(26)24-9-2-1-3-10-24)21(15-25)7-11-28-12-8-21/h4-6,13,18H,1-3,7-12,14-15H2,(H,23,27)/t18-/m0/s1. The number of carbonyl (C=O) groups is 2. The van der Waals surface area contributed by atoms with Gasteiger partial charge < -0.3 is 19.9 Å². The normalized spacial score (nSPS) is 24.4. The van der Waals surface area contributed by atoms with E-state index in [1.54, 1.807) is 17.0 Å². The molecule has 0 unspecified atom stereocenters. The number of urea groups is 1. The number of halogens is 1. The van der Waals surface area contributed by atoms with Crippen molar-refractivity contribution in [1.29, 1.82) is 0 Å². The third-order valence-corrected chi connectivity index (χ3v) is 6.70. The van der Waals surface area contributed by atoms with Crippen molar-refractivity contribution < 1.29 is 14.3 Å². The van der Waals surface area contributed by atoms with Crippen LogP contribution in [0, 0.1) is 11.3 Å². The number of hydrogen-bond donors (Lipinski definition) is 1. The first-order chi connectivity index (χ1) is 13.6. The van der Waals surface area contributed by atoms with Crippen LogP contribution in [0.25, 0.3) is 0 Å². The monoisotopic (exact) mass is 405 g/mol. The minimum absolute atomic E-state index is 0.139. The Labute approximate surface area is 171 Å². The molecule has 3 heterocycles. The molecule has 152 valence electrons. The van der Waals surface area contributed by atoms with Crippen LogP contribution in [0.5, 0.6) is 0 Å². The first-order valence-electron chi connectivity index (χ1n) is 10.3. The maximum absolute atomic E-state index is 13.4. The maximum Gasteiger partial charge on any atom is 0.321 e. The summed E-state index contributed by atoms with van der Waals surface area (Å²) in [5, 5.41) is 3.51. The molecule has 0 bridgehead atoms. The van der Waals surface area contributed by atoms with Crippen molar-refractivity contribution in [3.8, 4) is 0 Å². The number of piperidine rings is 1. The summed E-state index contributed by atoms with van der Waals surface area (Å²) in [6, 6.07) is 6.97. The van der Waals surface area contributed by atoms with Crippen LogP contribution in [0.4, 0.5) is 10.5 Å². The lowest BCUT2D eigenvalue weighted by Gasteiger charge is -2.39. The van der Waals surface area contributed by atoms with E-state index in [1.165, 1.54) is 6.42 Å². The Morgan fingerprint density at radius 2 is 1.86 bits per heavy atom. The van der Waals surface area contributed by atoms with Gasteiger partial charge in [0, 0.05) is 55.5 Å².